The Kier molecular flexibility index (Phi) is 6.57. The van der Waals surface area contributed by atoms with Gasteiger partial charge in [-0.1, -0.05) is 17.7 Å². The highest BCUT2D eigenvalue weighted by Gasteiger charge is 2.31. The summed E-state index contributed by atoms with van der Waals surface area (Å²) in [7, 11) is 0. The van der Waals surface area contributed by atoms with E-state index >= 15 is 0 Å². The highest BCUT2D eigenvalue weighted by molar-refractivity contribution is 7.18. The molecule has 8 nitrogen and oxygen atoms in total. The molecular formula is C22H18ClFN4O4S. The first kappa shape index (κ1) is 22.7. The molecule has 3 aromatic rings. The zero-order valence-electron chi connectivity index (χ0n) is 17.1. The van der Waals surface area contributed by atoms with Crippen molar-refractivity contribution in [2.75, 3.05) is 18.4 Å². The van der Waals surface area contributed by atoms with Gasteiger partial charge >= 0.3 is 11.8 Å². The van der Waals surface area contributed by atoms with Gasteiger partial charge in [-0.25, -0.2) is 4.39 Å². The summed E-state index contributed by atoms with van der Waals surface area (Å²) in [5, 5.41) is 5.09. The molecule has 3 heterocycles. The maximum atomic E-state index is 14.5. The standard InChI is InChI=1S/C22H18ClFN4O4S/c23-18-7-6-17(33-18)20(30)25-13-8-10-27(12-13)22(32)21(31)26-16-5-4-14(11-15(16)24)28-9-2-1-3-19(28)29/h1-7,9,11,13H,8,10,12H2,(H,25,30)(H,26,31). The smallest absolute Gasteiger partial charge is 0.313 e. The number of halogens is 2. The monoisotopic (exact) mass is 488 g/mol. The van der Waals surface area contributed by atoms with Gasteiger partial charge in [0.25, 0.3) is 11.5 Å². The van der Waals surface area contributed by atoms with Crippen LogP contribution < -0.4 is 16.2 Å². The second-order valence-corrected chi connectivity index (χ2v) is 9.06. The molecule has 0 bridgehead atoms. The molecule has 1 fully saturated rings. The molecule has 1 aliphatic heterocycles. The molecule has 0 aliphatic carbocycles. The summed E-state index contributed by atoms with van der Waals surface area (Å²) < 4.78 is 16.3. The van der Waals surface area contributed by atoms with E-state index < -0.39 is 17.6 Å². The topological polar surface area (TPSA) is 101 Å². The molecule has 3 amide bonds. The van der Waals surface area contributed by atoms with Crippen molar-refractivity contribution in [2.24, 2.45) is 0 Å². The maximum Gasteiger partial charge on any atom is 0.313 e. The zero-order chi connectivity index (χ0) is 23.5. The van der Waals surface area contributed by atoms with E-state index in [-0.39, 0.29) is 42.0 Å². The third-order valence-electron chi connectivity index (χ3n) is 5.10. The fourth-order valence-corrected chi connectivity index (χ4v) is 4.42. The summed E-state index contributed by atoms with van der Waals surface area (Å²) in [4.78, 5) is 50.8. The first-order valence-electron chi connectivity index (χ1n) is 9.96. The number of benzene rings is 1. The Balaban J connectivity index is 1.36. The molecule has 170 valence electrons. The number of thiophene rings is 1. The Morgan fingerprint density at radius 2 is 1.94 bits per heavy atom. The van der Waals surface area contributed by atoms with Crippen LogP contribution in [0.3, 0.4) is 0 Å². The molecule has 1 aliphatic rings. The summed E-state index contributed by atoms with van der Waals surface area (Å²) in [6, 6.07) is 11.3. The lowest BCUT2D eigenvalue weighted by molar-refractivity contribution is -0.142. The van der Waals surface area contributed by atoms with E-state index in [4.69, 9.17) is 11.6 Å². The predicted octanol–water partition coefficient (Wildman–Crippen LogP) is 2.66. The van der Waals surface area contributed by atoms with Crippen LogP contribution in [0.15, 0.2) is 59.5 Å². The lowest BCUT2D eigenvalue weighted by atomic mass is 10.2. The van der Waals surface area contributed by atoms with Crippen molar-refractivity contribution < 1.29 is 18.8 Å². The molecule has 1 aromatic carbocycles. The van der Waals surface area contributed by atoms with E-state index in [9.17, 15) is 23.6 Å². The number of anilines is 1. The molecule has 2 N–H and O–H groups in total. The van der Waals surface area contributed by atoms with E-state index in [0.717, 1.165) is 17.4 Å². The molecule has 11 heteroatoms. The third kappa shape index (κ3) is 5.12. The Bertz CT molecular complexity index is 1290. The lowest BCUT2D eigenvalue weighted by Gasteiger charge is -2.17. The van der Waals surface area contributed by atoms with Gasteiger partial charge in [0.05, 0.1) is 20.6 Å². The molecule has 1 unspecified atom stereocenters. The van der Waals surface area contributed by atoms with E-state index in [1.165, 1.54) is 33.9 Å². The minimum absolute atomic E-state index is 0.162. The first-order chi connectivity index (χ1) is 15.8. The first-order valence-corrected chi connectivity index (χ1v) is 11.2. The van der Waals surface area contributed by atoms with Crippen LogP contribution in [0.1, 0.15) is 16.1 Å². The summed E-state index contributed by atoms with van der Waals surface area (Å²) in [6.07, 6.45) is 1.98. The summed E-state index contributed by atoms with van der Waals surface area (Å²) >= 11 is 6.99. The number of pyridine rings is 1. The van der Waals surface area contributed by atoms with Crippen LogP contribution in [0.4, 0.5) is 10.1 Å². The SMILES string of the molecule is O=C(Nc1ccc(-n2ccccc2=O)cc1F)C(=O)N1CCC(NC(=O)c2ccc(Cl)s2)C1. The predicted molar refractivity (Wildman–Crippen MR) is 122 cm³/mol. The lowest BCUT2D eigenvalue weighted by Crippen LogP contribution is -2.42. The molecule has 0 saturated carbocycles. The largest absolute Gasteiger partial charge is 0.347 e. The molecule has 0 spiro atoms. The number of amides is 3. The molecule has 33 heavy (non-hydrogen) atoms. The van der Waals surface area contributed by atoms with Crippen LogP contribution >= 0.6 is 22.9 Å². The Morgan fingerprint density at radius 3 is 2.64 bits per heavy atom. The van der Waals surface area contributed by atoms with Gasteiger partial charge in [-0.15, -0.1) is 11.3 Å². The highest BCUT2D eigenvalue weighted by atomic mass is 35.5. The van der Waals surface area contributed by atoms with Gasteiger partial charge in [-0.05, 0) is 36.8 Å². The van der Waals surface area contributed by atoms with Crippen LogP contribution in [-0.2, 0) is 9.59 Å². The van der Waals surface area contributed by atoms with Crippen molar-refractivity contribution in [3.05, 3.63) is 80.1 Å². The Hall–Kier alpha value is -3.50. The van der Waals surface area contributed by atoms with Crippen LogP contribution in [-0.4, -0.2) is 46.3 Å². The third-order valence-corrected chi connectivity index (χ3v) is 6.33. The van der Waals surface area contributed by atoms with Crippen LogP contribution in [0.2, 0.25) is 4.34 Å². The second-order valence-electron chi connectivity index (χ2n) is 7.34. The van der Waals surface area contributed by atoms with E-state index in [2.05, 4.69) is 10.6 Å². The second kappa shape index (κ2) is 9.55. The Morgan fingerprint density at radius 1 is 1.12 bits per heavy atom. The van der Waals surface area contributed by atoms with Crippen LogP contribution in [0, 0.1) is 5.82 Å². The van der Waals surface area contributed by atoms with Crippen molar-refractivity contribution in [1.29, 1.82) is 0 Å². The number of carbonyl (C=O) groups excluding carboxylic acids is 3. The zero-order valence-corrected chi connectivity index (χ0v) is 18.7. The molecular weight excluding hydrogens is 471 g/mol. The minimum Gasteiger partial charge on any atom is -0.347 e. The van der Waals surface area contributed by atoms with E-state index in [1.807, 2.05) is 0 Å². The van der Waals surface area contributed by atoms with Crippen molar-refractivity contribution in [2.45, 2.75) is 12.5 Å². The number of aromatic nitrogens is 1. The quantitative estimate of drug-likeness (QED) is 0.551. The van der Waals surface area contributed by atoms with Crippen molar-refractivity contribution in [3.63, 3.8) is 0 Å². The summed E-state index contributed by atoms with van der Waals surface area (Å²) in [6.45, 7) is 0.441. The number of rotatable bonds is 4. The van der Waals surface area contributed by atoms with Gasteiger partial charge in [-0.3, -0.25) is 23.7 Å². The maximum absolute atomic E-state index is 14.5. The van der Waals surface area contributed by atoms with E-state index in [1.54, 1.807) is 24.3 Å². The number of nitrogens with one attached hydrogen (secondary N) is 2. The minimum atomic E-state index is -0.990. The van der Waals surface area contributed by atoms with Crippen LogP contribution in [0.25, 0.3) is 5.69 Å². The van der Waals surface area contributed by atoms with Crippen LogP contribution in [0.5, 0.6) is 0 Å². The summed E-state index contributed by atoms with van der Waals surface area (Å²) in [5.41, 5.74) is -0.228. The average Bonchev–Trinajstić information content (AvgIpc) is 3.44. The number of hydrogen-bond acceptors (Lipinski definition) is 5. The number of carbonyl (C=O) groups is 3. The van der Waals surface area contributed by atoms with Crippen molar-refractivity contribution in [3.8, 4) is 5.69 Å². The van der Waals surface area contributed by atoms with Gasteiger partial charge in [0.15, 0.2) is 0 Å². The molecule has 1 saturated heterocycles. The Labute approximate surface area is 196 Å². The highest BCUT2D eigenvalue weighted by Crippen LogP contribution is 2.22. The number of hydrogen-bond donors (Lipinski definition) is 2. The summed E-state index contributed by atoms with van der Waals surface area (Å²) in [5.74, 6) is -2.90. The fraction of sp³-hybridized carbons (Fsp3) is 0.182. The molecule has 1 atom stereocenters. The fourth-order valence-electron chi connectivity index (χ4n) is 3.47. The van der Waals surface area contributed by atoms with E-state index in [0.29, 0.717) is 15.6 Å². The molecule has 2 aromatic heterocycles. The average molecular weight is 489 g/mol. The van der Waals surface area contributed by atoms with Gasteiger partial charge < -0.3 is 15.5 Å². The van der Waals surface area contributed by atoms with Gasteiger partial charge in [-0.2, -0.15) is 0 Å². The normalized spacial score (nSPS) is 15.3. The van der Waals surface area contributed by atoms with Gasteiger partial charge in [0, 0.05) is 37.5 Å². The van der Waals surface area contributed by atoms with Crippen molar-refractivity contribution in [1.82, 2.24) is 14.8 Å². The van der Waals surface area contributed by atoms with Crippen molar-refractivity contribution >= 4 is 46.3 Å². The number of likely N-dealkylation sites (tertiary alicyclic amines) is 1. The molecule has 0 radical (unpaired) electrons. The molecule has 4 rings (SSSR count). The number of nitrogens with zero attached hydrogens (tertiary/aromatic N) is 2. The van der Waals surface area contributed by atoms with Gasteiger partial charge in [0.2, 0.25) is 0 Å². The van der Waals surface area contributed by atoms with Gasteiger partial charge in [0.1, 0.15) is 5.82 Å².